The van der Waals surface area contributed by atoms with Crippen molar-refractivity contribution in [3.8, 4) is 0 Å². The Labute approximate surface area is 156 Å². The summed E-state index contributed by atoms with van der Waals surface area (Å²) in [5.41, 5.74) is 2.56. The third kappa shape index (κ3) is 4.24. The van der Waals surface area contributed by atoms with E-state index in [2.05, 4.69) is 20.8 Å². The SMILES string of the molecule is C[C@@H](NC(=O)CSc1nnc(C(C)(C)C)o1)c1ccc2c(c1)CC(=O)N2. The molecule has 2 aromatic rings. The van der Waals surface area contributed by atoms with Gasteiger partial charge in [0.05, 0.1) is 18.2 Å². The van der Waals surface area contributed by atoms with Gasteiger partial charge in [-0.05, 0) is 24.1 Å². The number of nitrogens with one attached hydrogen (secondary N) is 2. The summed E-state index contributed by atoms with van der Waals surface area (Å²) in [4.78, 5) is 23.6. The number of fused-ring (bicyclic) bond motifs is 1. The topological polar surface area (TPSA) is 97.1 Å². The average Bonchev–Trinajstić information content (AvgIpc) is 3.17. The van der Waals surface area contributed by atoms with Crippen LogP contribution in [0.2, 0.25) is 0 Å². The number of carbonyl (C=O) groups excluding carboxylic acids is 2. The zero-order chi connectivity index (χ0) is 18.9. The minimum Gasteiger partial charge on any atom is -0.415 e. The lowest BCUT2D eigenvalue weighted by molar-refractivity contribution is -0.119. The zero-order valence-electron chi connectivity index (χ0n) is 15.3. The summed E-state index contributed by atoms with van der Waals surface area (Å²) in [6.45, 7) is 7.88. The van der Waals surface area contributed by atoms with Gasteiger partial charge in [-0.1, -0.05) is 44.7 Å². The quantitative estimate of drug-likeness (QED) is 0.781. The van der Waals surface area contributed by atoms with E-state index in [4.69, 9.17) is 4.42 Å². The summed E-state index contributed by atoms with van der Waals surface area (Å²) in [5, 5.41) is 14.1. The summed E-state index contributed by atoms with van der Waals surface area (Å²) < 4.78 is 5.57. The number of benzene rings is 1. The van der Waals surface area contributed by atoms with Crippen LogP contribution in [0.25, 0.3) is 0 Å². The van der Waals surface area contributed by atoms with Gasteiger partial charge in [0.15, 0.2) is 0 Å². The van der Waals surface area contributed by atoms with E-state index in [-0.39, 0.29) is 29.0 Å². The fraction of sp³-hybridized carbons (Fsp3) is 0.444. The Balaban J connectivity index is 1.54. The van der Waals surface area contributed by atoms with E-state index in [1.807, 2.05) is 45.9 Å². The monoisotopic (exact) mass is 374 g/mol. The maximum absolute atomic E-state index is 12.2. The van der Waals surface area contributed by atoms with E-state index < -0.39 is 0 Å². The largest absolute Gasteiger partial charge is 0.415 e. The first-order valence-corrected chi connectivity index (χ1v) is 9.40. The van der Waals surface area contributed by atoms with Crippen LogP contribution in [0.4, 0.5) is 5.69 Å². The van der Waals surface area contributed by atoms with E-state index in [9.17, 15) is 9.59 Å². The van der Waals surface area contributed by atoms with Crippen molar-refractivity contribution in [2.75, 3.05) is 11.1 Å². The van der Waals surface area contributed by atoms with Crippen LogP contribution in [0.15, 0.2) is 27.8 Å². The summed E-state index contributed by atoms with van der Waals surface area (Å²) in [6.07, 6.45) is 0.382. The van der Waals surface area contributed by atoms with Crippen molar-refractivity contribution in [1.82, 2.24) is 15.5 Å². The molecule has 0 saturated carbocycles. The molecular formula is C18H22N4O3S. The average molecular weight is 374 g/mol. The highest BCUT2D eigenvalue weighted by atomic mass is 32.2. The summed E-state index contributed by atoms with van der Waals surface area (Å²) in [6, 6.07) is 5.59. The summed E-state index contributed by atoms with van der Waals surface area (Å²) in [7, 11) is 0. The molecule has 7 nitrogen and oxygen atoms in total. The molecular weight excluding hydrogens is 352 g/mol. The lowest BCUT2D eigenvalue weighted by atomic mass is 9.97. The molecule has 8 heteroatoms. The molecule has 0 bridgehead atoms. The lowest BCUT2D eigenvalue weighted by Gasteiger charge is -2.15. The number of hydrogen-bond acceptors (Lipinski definition) is 6. The van der Waals surface area contributed by atoms with Crippen molar-refractivity contribution < 1.29 is 14.0 Å². The second-order valence-electron chi connectivity index (χ2n) is 7.34. The third-order valence-corrected chi connectivity index (χ3v) is 4.83. The van der Waals surface area contributed by atoms with Crippen molar-refractivity contribution in [2.45, 2.75) is 50.8 Å². The van der Waals surface area contributed by atoms with E-state index in [0.29, 0.717) is 17.5 Å². The van der Waals surface area contributed by atoms with Gasteiger partial charge in [-0.3, -0.25) is 9.59 Å². The molecule has 0 unspecified atom stereocenters. The Hall–Kier alpha value is -2.35. The lowest BCUT2D eigenvalue weighted by Crippen LogP contribution is -2.28. The van der Waals surface area contributed by atoms with Crippen molar-refractivity contribution in [3.63, 3.8) is 0 Å². The van der Waals surface area contributed by atoms with Gasteiger partial charge in [0, 0.05) is 11.1 Å². The number of anilines is 1. The van der Waals surface area contributed by atoms with Gasteiger partial charge in [0.25, 0.3) is 5.22 Å². The fourth-order valence-corrected chi connectivity index (χ4v) is 3.16. The van der Waals surface area contributed by atoms with Crippen LogP contribution in [0.1, 0.15) is 50.8 Å². The van der Waals surface area contributed by atoms with Crippen LogP contribution in [0.5, 0.6) is 0 Å². The molecule has 1 atom stereocenters. The molecule has 1 aromatic carbocycles. The predicted octanol–water partition coefficient (Wildman–Crippen LogP) is 2.83. The molecule has 2 heterocycles. The number of thioether (sulfide) groups is 1. The standard InChI is InChI=1S/C18H22N4O3S/c1-10(11-5-6-13-12(7-11)8-14(23)20-13)19-15(24)9-26-17-22-21-16(25-17)18(2,3)4/h5-7,10H,8-9H2,1-4H3,(H,19,24)(H,20,23)/t10-/m1/s1. The highest BCUT2D eigenvalue weighted by Gasteiger charge is 2.22. The van der Waals surface area contributed by atoms with Crippen molar-refractivity contribution in [2.24, 2.45) is 0 Å². The Kier molecular flexibility index (Phi) is 5.04. The molecule has 138 valence electrons. The molecule has 0 aliphatic carbocycles. The Bertz CT molecular complexity index is 841. The van der Waals surface area contributed by atoms with Crippen molar-refractivity contribution in [1.29, 1.82) is 0 Å². The molecule has 0 spiro atoms. The van der Waals surface area contributed by atoms with Gasteiger partial charge >= 0.3 is 0 Å². The highest BCUT2D eigenvalue weighted by molar-refractivity contribution is 7.99. The maximum atomic E-state index is 12.2. The van der Waals surface area contributed by atoms with Crippen LogP contribution in [0, 0.1) is 0 Å². The van der Waals surface area contributed by atoms with Crippen LogP contribution in [-0.2, 0) is 21.4 Å². The van der Waals surface area contributed by atoms with Crippen LogP contribution >= 0.6 is 11.8 Å². The number of aromatic nitrogens is 2. The van der Waals surface area contributed by atoms with Crippen LogP contribution < -0.4 is 10.6 Å². The molecule has 26 heavy (non-hydrogen) atoms. The van der Waals surface area contributed by atoms with Gasteiger partial charge < -0.3 is 15.1 Å². The number of nitrogens with zero attached hydrogens (tertiary/aromatic N) is 2. The van der Waals surface area contributed by atoms with E-state index >= 15 is 0 Å². The predicted molar refractivity (Wildman–Crippen MR) is 99.1 cm³/mol. The molecule has 2 amide bonds. The molecule has 0 radical (unpaired) electrons. The van der Waals surface area contributed by atoms with E-state index in [1.54, 1.807) is 0 Å². The minimum atomic E-state index is -0.216. The van der Waals surface area contributed by atoms with E-state index in [1.165, 1.54) is 11.8 Å². The van der Waals surface area contributed by atoms with Crippen molar-refractivity contribution >= 4 is 29.3 Å². The number of rotatable bonds is 5. The first-order valence-electron chi connectivity index (χ1n) is 8.41. The summed E-state index contributed by atoms with van der Waals surface area (Å²) in [5.74, 6) is 0.628. The van der Waals surface area contributed by atoms with Gasteiger partial charge in [0.1, 0.15) is 0 Å². The van der Waals surface area contributed by atoms with Crippen LogP contribution in [0.3, 0.4) is 0 Å². The first kappa shape index (κ1) is 18.4. The molecule has 0 fully saturated rings. The number of hydrogen-bond donors (Lipinski definition) is 2. The Morgan fingerprint density at radius 3 is 2.85 bits per heavy atom. The molecule has 3 rings (SSSR count). The third-order valence-electron chi connectivity index (χ3n) is 4.01. The maximum Gasteiger partial charge on any atom is 0.277 e. The highest BCUT2D eigenvalue weighted by Crippen LogP contribution is 2.27. The molecule has 1 aliphatic heterocycles. The van der Waals surface area contributed by atoms with Crippen LogP contribution in [-0.4, -0.2) is 27.8 Å². The van der Waals surface area contributed by atoms with Gasteiger partial charge in [-0.15, -0.1) is 10.2 Å². The van der Waals surface area contributed by atoms with Gasteiger partial charge in [0.2, 0.25) is 17.7 Å². The molecule has 0 saturated heterocycles. The van der Waals surface area contributed by atoms with Gasteiger partial charge in [-0.2, -0.15) is 0 Å². The molecule has 1 aliphatic rings. The first-order chi connectivity index (χ1) is 12.2. The second kappa shape index (κ2) is 7.11. The second-order valence-corrected chi connectivity index (χ2v) is 8.27. The normalized spacial score (nSPS) is 14.7. The zero-order valence-corrected chi connectivity index (χ0v) is 16.1. The fourth-order valence-electron chi connectivity index (χ4n) is 2.58. The number of carbonyl (C=O) groups is 2. The van der Waals surface area contributed by atoms with E-state index in [0.717, 1.165) is 16.8 Å². The van der Waals surface area contributed by atoms with Gasteiger partial charge in [-0.25, -0.2) is 0 Å². The Morgan fingerprint density at radius 2 is 2.15 bits per heavy atom. The van der Waals surface area contributed by atoms with Crippen molar-refractivity contribution in [3.05, 3.63) is 35.2 Å². The molecule has 2 N–H and O–H groups in total. The molecule has 1 aromatic heterocycles. The number of amides is 2. The smallest absolute Gasteiger partial charge is 0.277 e. The Morgan fingerprint density at radius 1 is 1.38 bits per heavy atom. The summed E-state index contributed by atoms with van der Waals surface area (Å²) >= 11 is 1.22. The minimum absolute atomic E-state index is 0.000535.